The van der Waals surface area contributed by atoms with Gasteiger partial charge in [0, 0.05) is 24.7 Å². The average molecular weight is 354 g/mol. The van der Waals surface area contributed by atoms with Gasteiger partial charge in [-0.2, -0.15) is 4.31 Å². The second kappa shape index (κ2) is 6.60. The van der Waals surface area contributed by atoms with Crippen molar-refractivity contribution in [2.45, 2.75) is 25.8 Å². The molecule has 1 saturated heterocycles. The van der Waals surface area contributed by atoms with Crippen molar-refractivity contribution in [1.82, 2.24) is 9.62 Å². The van der Waals surface area contributed by atoms with Crippen molar-refractivity contribution in [3.05, 3.63) is 23.8 Å². The van der Waals surface area contributed by atoms with E-state index in [1.165, 1.54) is 10.6 Å². The van der Waals surface area contributed by atoms with Gasteiger partial charge in [-0.1, -0.05) is 13.3 Å². The van der Waals surface area contributed by atoms with Crippen molar-refractivity contribution in [3.63, 3.8) is 0 Å². The Morgan fingerprint density at radius 2 is 2.04 bits per heavy atom. The Bertz CT molecular complexity index is 734. The molecule has 2 aliphatic heterocycles. The number of fused-ring (bicyclic) bond motifs is 1. The number of rotatable bonds is 5. The van der Waals surface area contributed by atoms with E-state index < -0.39 is 10.0 Å². The Balaban J connectivity index is 1.72. The number of amides is 1. The van der Waals surface area contributed by atoms with Gasteiger partial charge in [0.25, 0.3) is 5.91 Å². The number of sulfonamides is 1. The van der Waals surface area contributed by atoms with Crippen LogP contribution in [0.1, 0.15) is 30.1 Å². The molecule has 2 atom stereocenters. The van der Waals surface area contributed by atoms with Crippen molar-refractivity contribution in [2.24, 2.45) is 5.92 Å². The minimum Gasteiger partial charge on any atom is -0.454 e. The molecule has 7 nitrogen and oxygen atoms in total. The van der Waals surface area contributed by atoms with Gasteiger partial charge in [0.15, 0.2) is 11.5 Å². The molecule has 0 aliphatic carbocycles. The lowest BCUT2D eigenvalue weighted by atomic mass is 9.98. The van der Waals surface area contributed by atoms with Gasteiger partial charge >= 0.3 is 0 Å². The Hall–Kier alpha value is -1.80. The smallest absolute Gasteiger partial charge is 0.251 e. The molecule has 3 rings (SSSR count). The fraction of sp³-hybridized carbons (Fsp3) is 0.562. The van der Waals surface area contributed by atoms with E-state index in [1.54, 1.807) is 18.2 Å². The normalized spacial score (nSPS) is 23.4. The standard InChI is InChI=1S/C16H22N2O5S/c1-3-4-12-8-18(24(2,20)21)9-13(12)17-16(19)11-5-6-14-15(7-11)23-10-22-14/h5-7,12-13H,3-4,8-10H2,1-2H3,(H,17,19)/t12-,13-/m0/s1. The molecule has 8 heteroatoms. The predicted molar refractivity (Wildman–Crippen MR) is 88.6 cm³/mol. The molecular weight excluding hydrogens is 332 g/mol. The molecule has 2 aliphatic rings. The second-order valence-electron chi connectivity index (χ2n) is 6.28. The molecule has 1 amide bonds. The average Bonchev–Trinajstić information content (AvgIpc) is 3.13. The highest BCUT2D eigenvalue weighted by molar-refractivity contribution is 7.88. The molecule has 1 aromatic carbocycles. The molecule has 1 N–H and O–H groups in total. The zero-order valence-electron chi connectivity index (χ0n) is 13.8. The summed E-state index contributed by atoms with van der Waals surface area (Å²) in [7, 11) is -3.25. The van der Waals surface area contributed by atoms with Gasteiger partial charge in [0.2, 0.25) is 16.8 Å². The molecule has 2 heterocycles. The van der Waals surface area contributed by atoms with Crippen LogP contribution in [-0.2, 0) is 10.0 Å². The van der Waals surface area contributed by atoms with Crippen molar-refractivity contribution >= 4 is 15.9 Å². The van der Waals surface area contributed by atoms with Gasteiger partial charge in [-0.05, 0) is 30.5 Å². The Labute approximate surface area is 142 Å². The molecule has 0 bridgehead atoms. The van der Waals surface area contributed by atoms with E-state index in [0.717, 1.165) is 12.8 Å². The van der Waals surface area contributed by atoms with E-state index in [-0.39, 0.29) is 24.7 Å². The maximum Gasteiger partial charge on any atom is 0.251 e. The summed E-state index contributed by atoms with van der Waals surface area (Å²) in [5.41, 5.74) is 0.479. The van der Waals surface area contributed by atoms with E-state index >= 15 is 0 Å². The van der Waals surface area contributed by atoms with Crippen molar-refractivity contribution in [1.29, 1.82) is 0 Å². The molecule has 0 saturated carbocycles. The molecule has 0 unspecified atom stereocenters. The number of benzene rings is 1. The number of nitrogens with one attached hydrogen (secondary N) is 1. The first-order chi connectivity index (χ1) is 11.4. The van der Waals surface area contributed by atoms with Crippen LogP contribution in [-0.4, -0.2) is 50.8 Å². The summed E-state index contributed by atoms with van der Waals surface area (Å²) in [6.45, 7) is 2.99. The van der Waals surface area contributed by atoms with Crippen LogP contribution >= 0.6 is 0 Å². The summed E-state index contributed by atoms with van der Waals surface area (Å²) >= 11 is 0. The van der Waals surface area contributed by atoms with Gasteiger partial charge in [0.1, 0.15) is 0 Å². The summed E-state index contributed by atoms with van der Waals surface area (Å²) < 4.78 is 35.6. The quantitative estimate of drug-likeness (QED) is 0.859. The molecule has 0 spiro atoms. The first-order valence-electron chi connectivity index (χ1n) is 8.04. The number of carbonyl (C=O) groups excluding carboxylic acids is 1. The summed E-state index contributed by atoms with van der Waals surface area (Å²) in [6.07, 6.45) is 3.02. The summed E-state index contributed by atoms with van der Waals surface area (Å²) in [6, 6.07) is 4.85. The highest BCUT2D eigenvalue weighted by Gasteiger charge is 2.37. The number of ether oxygens (including phenoxy) is 2. The van der Waals surface area contributed by atoms with Crippen molar-refractivity contribution in [2.75, 3.05) is 26.1 Å². The van der Waals surface area contributed by atoms with Crippen molar-refractivity contribution in [3.8, 4) is 11.5 Å². The van der Waals surface area contributed by atoms with Gasteiger partial charge in [-0.15, -0.1) is 0 Å². The molecule has 1 fully saturated rings. The Morgan fingerprint density at radius 1 is 1.29 bits per heavy atom. The van der Waals surface area contributed by atoms with Crippen LogP contribution in [0.2, 0.25) is 0 Å². The minimum absolute atomic E-state index is 0.127. The first kappa shape index (κ1) is 17.0. The van der Waals surface area contributed by atoms with Crippen molar-refractivity contribution < 1.29 is 22.7 Å². The lowest BCUT2D eigenvalue weighted by molar-refractivity contribution is 0.0929. The zero-order chi connectivity index (χ0) is 17.3. The topological polar surface area (TPSA) is 84.9 Å². The van der Waals surface area contributed by atoms with E-state index in [0.29, 0.717) is 30.2 Å². The molecule has 24 heavy (non-hydrogen) atoms. The Kier molecular flexibility index (Phi) is 4.69. The summed E-state index contributed by atoms with van der Waals surface area (Å²) in [4.78, 5) is 12.5. The third kappa shape index (κ3) is 3.49. The maximum absolute atomic E-state index is 12.5. The van der Waals surface area contributed by atoms with Crippen LogP contribution in [0.25, 0.3) is 0 Å². The second-order valence-corrected chi connectivity index (χ2v) is 8.26. The number of hydrogen-bond donors (Lipinski definition) is 1. The van der Waals surface area contributed by atoms with Gasteiger partial charge < -0.3 is 14.8 Å². The number of carbonyl (C=O) groups is 1. The zero-order valence-corrected chi connectivity index (χ0v) is 14.6. The van der Waals surface area contributed by atoms with Crippen LogP contribution in [0, 0.1) is 5.92 Å². The molecule has 1 aromatic rings. The number of nitrogens with zero attached hydrogens (tertiary/aromatic N) is 1. The molecular formula is C16H22N2O5S. The lowest BCUT2D eigenvalue weighted by Crippen LogP contribution is -2.41. The predicted octanol–water partition coefficient (Wildman–Crippen LogP) is 1.21. The highest BCUT2D eigenvalue weighted by Crippen LogP contribution is 2.32. The molecule has 0 aromatic heterocycles. The van der Waals surface area contributed by atoms with E-state index in [2.05, 4.69) is 12.2 Å². The Morgan fingerprint density at radius 3 is 2.75 bits per heavy atom. The monoisotopic (exact) mass is 354 g/mol. The van der Waals surface area contributed by atoms with Crippen LogP contribution in [0.5, 0.6) is 11.5 Å². The highest BCUT2D eigenvalue weighted by atomic mass is 32.2. The molecule has 132 valence electrons. The van der Waals surface area contributed by atoms with Gasteiger partial charge in [0.05, 0.1) is 6.26 Å². The largest absolute Gasteiger partial charge is 0.454 e. The maximum atomic E-state index is 12.5. The summed E-state index contributed by atoms with van der Waals surface area (Å²) in [5.74, 6) is 1.08. The third-order valence-electron chi connectivity index (χ3n) is 4.49. The van der Waals surface area contributed by atoms with E-state index in [4.69, 9.17) is 9.47 Å². The lowest BCUT2D eigenvalue weighted by Gasteiger charge is -2.19. The first-order valence-corrected chi connectivity index (χ1v) is 9.89. The van der Waals surface area contributed by atoms with Crippen LogP contribution in [0.4, 0.5) is 0 Å². The fourth-order valence-corrected chi connectivity index (χ4v) is 4.11. The van der Waals surface area contributed by atoms with E-state index in [9.17, 15) is 13.2 Å². The fourth-order valence-electron chi connectivity index (χ4n) is 3.22. The van der Waals surface area contributed by atoms with Gasteiger partial charge in [-0.3, -0.25) is 4.79 Å². The molecule has 0 radical (unpaired) electrons. The minimum atomic E-state index is -3.25. The SMILES string of the molecule is CCC[C@H]1CN(S(C)(=O)=O)C[C@@H]1NC(=O)c1ccc2c(c1)OCO2. The number of hydrogen-bond acceptors (Lipinski definition) is 5. The van der Waals surface area contributed by atoms with Crippen LogP contribution < -0.4 is 14.8 Å². The summed E-state index contributed by atoms with van der Waals surface area (Å²) in [5, 5.41) is 2.98. The van der Waals surface area contributed by atoms with Crippen LogP contribution in [0.3, 0.4) is 0 Å². The van der Waals surface area contributed by atoms with E-state index in [1.807, 2.05) is 0 Å². The van der Waals surface area contributed by atoms with Gasteiger partial charge in [-0.25, -0.2) is 8.42 Å². The van der Waals surface area contributed by atoms with Crippen LogP contribution in [0.15, 0.2) is 18.2 Å². The third-order valence-corrected chi connectivity index (χ3v) is 5.72.